The van der Waals surface area contributed by atoms with E-state index < -0.39 is 0 Å². The monoisotopic (exact) mass is 293 g/mol. The lowest BCUT2D eigenvalue weighted by atomic mass is 10.2. The van der Waals surface area contributed by atoms with Crippen LogP contribution in [0.4, 0.5) is 0 Å². The van der Waals surface area contributed by atoms with Crippen molar-refractivity contribution in [2.45, 2.75) is 19.9 Å². The second kappa shape index (κ2) is 6.43. The fourth-order valence-electron chi connectivity index (χ4n) is 2.65. The molecule has 0 unspecified atom stereocenters. The van der Waals surface area contributed by atoms with Crippen LogP contribution >= 0.6 is 0 Å². The van der Waals surface area contributed by atoms with Crippen LogP contribution in [0, 0.1) is 0 Å². The summed E-state index contributed by atoms with van der Waals surface area (Å²) in [6.45, 7) is 3.57. The highest BCUT2D eigenvalue weighted by Crippen LogP contribution is 2.16. The van der Waals surface area contributed by atoms with Gasteiger partial charge in [-0.15, -0.1) is 0 Å². The molecule has 1 aromatic heterocycles. The molecule has 3 rings (SSSR count). The van der Waals surface area contributed by atoms with Crippen LogP contribution in [-0.2, 0) is 13.0 Å². The number of hydrogen-bond donors (Lipinski definition) is 1. The van der Waals surface area contributed by atoms with Crippen molar-refractivity contribution in [2.24, 2.45) is 0 Å². The molecule has 22 heavy (non-hydrogen) atoms. The maximum absolute atomic E-state index is 12.0. The fourth-order valence-corrected chi connectivity index (χ4v) is 2.65. The van der Waals surface area contributed by atoms with E-state index in [0.29, 0.717) is 12.1 Å². The van der Waals surface area contributed by atoms with Crippen molar-refractivity contribution < 1.29 is 4.79 Å². The van der Waals surface area contributed by atoms with Crippen molar-refractivity contribution >= 4 is 16.9 Å². The molecule has 2 aromatic carbocycles. The van der Waals surface area contributed by atoms with E-state index in [2.05, 4.69) is 27.9 Å². The van der Waals surface area contributed by atoms with E-state index in [1.165, 1.54) is 0 Å². The Bertz CT molecular complexity index is 777. The largest absolute Gasteiger partial charge is 0.352 e. The number of carbonyl (C=O) groups is 1. The third-order valence-electron chi connectivity index (χ3n) is 3.72. The second-order valence-electron chi connectivity index (χ2n) is 5.13. The molecular formula is C18H19N3O. The van der Waals surface area contributed by atoms with Crippen LogP contribution in [0.2, 0.25) is 0 Å². The Balaban J connectivity index is 1.68. The number of para-hydroxylation sites is 2. The predicted octanol–water partition coefficient (Wildman–Crippen LogP) is 3.03. The van der Waals surface area contributed by atoms with Crippen LogP contribution in [0.1, 0.15) is 23.1 Å². The van der Waals surface area contributed by atoms with E-state index in [1.54, 1.807) is 0 Å². The van der Waals surface area contributed by atoms with Gasteiger partial charge < -0.3 is 9.88 Å². The molecule has 4 nitrogen and oxygen atoms in total. The molecular weight excluding hydrogens is 274 g/mol. The number of aromatic nitrogens is 2. The topological polar surface area (TPSA) is 46.9 Å². The van der Waals surface area contributed by atoms with Gasteiger partial charge in [-0.3, -0.25) is 4.79 Å². The van der Waals surface area contributed by atoms with E-state index in [-0.39, 0.29) is 5.91 Å². The quantitative estimate of drug-likeness (QED) is 0.786. The summed E-state index contributed by atoms with van der Waals surface area (Å²) in [4.78, 5) is 16.7. The van der Waals surface area contributed by atoms with E-state index in [9.17, 15) is 4.79 Å². The minimum atomic E-state index is -0.0419. The van der Waals surface area contributed by atoms with Gasteiger partial charge in [-0.05, 0) is 31.2 Å². The van der Waals surface area contributed by atoms with Crippen molar-refractivity contribution in [3.05, 3.63) is 66.0 Å². The SMILES string of the molecule is CCn1c(CCNC(=O)c2ccccc2)nc2ccccc21. The normalized spacial score (nSPS) is 10.8. The Labute approximate surface area is 129 Å². The summed E-state index contributed by atoms with van der Waals surface area (Å²) >= 11 is 0. The number of carbonyl (C=O) groups excluding carboxylic acids is 1. The predicted molar refractivity (Wildman–Crippen MR) is 87.9 cm³/mol. The van der Waals surface area contributed by atoms with E-state index in [4.69, 9.17) is 0 Å². The Hall–Kier alpha value is -2.62. The van der Waals surface area contributed by atoms with E-state index >= 15 is 0 Å². The Kier molecular flexibility index (Phi) is 4.19. The number of imidazole rings is 1. The molecule has 1 N–H and O–H groups in total. The highest BCUT2D eigenvalue weighted by molar-refractivity contribution is 5.94. The third-order valence-corrected chi connectivity index (χ3v) is 3.72. The highest BCUT2D eigenvalue weighted by Gasteiger charge is 2.09. The number of fused-ring (bicyclic) bond motifs is 1. The van der Waals surface area contributed by atoms with Gasteiger partial charge >= 0.3 is 0 Å². The van der Waals surface area contributed by atoms with Crippen LogP contribution in [-0.4, -0.2) is 22.0 Å². The summed E-state index contributed by atoms with van der Waals surface area (Å²) in [7, 11) is 0. The average Bonchev–Trinajstić information content (AvgIpc) is 2.93. The molecule has 0 saturated carbocycles. The van der Waals surface area contributed by atoms with Gasteiger partial charge in [0.05, 0.1) is 11.0 Å². The maximum Gasteiger partial charge on any atom is 0.251 e. The standard InChI is InChI=1S/C18H19N3O/c1-2-21-16-11-7-6-10-15(16)20-17(21)12-13-19-18(22)14-8-4-3-5-9-14/h3-11H,2,12-13H2,1H3,(H,19,22). The number of aryl methyl sites for hydroxylation is 1. The van der Waals surface area contributed by atoms with Crippen molar-refractivity contribution in [3.8, 4) is 0 Å². The summed E-state index contributed by atoms with van der Waals surface area (Å²) in [5.41, 5.74) is 2.84. The summed E-state index contributed by atoms with van der Waals surface area (Å²) in [5, 5.41) is 2.95. The number of rotatable bonds is 5. The van der Waals surface area contributed by atoms with Gasteiger partial charge in [-0.1, -0.05) is 30.3 Å². The van der Waals surface area contributed by atoms with Crippen molar-refractivity contribution in [2.75, 3.05) is 6.54 Å². The number of amides is 1. The van der Waals surface area contributed by atoms with Gasteiger partial charge in [0.15, 0.2) is 0 Å². The molecule has 0 spiro atoms. The van der Waals surface area contributed by atoms with Gasteiger partial charge in [0.1, 0.15) is 5.82 Å². The van der Waals surface area contributed by atoms with Crippen molar-refractivity contribution in [3.63, 3.8) is 0 Å². The minimum Gasteiger partial charge on any atom is -0.352 e. The van der Waals surface area contributed by atoms with E-state index in [0.717, 1.165) is 29.8 Å². The number of hydrogen-bond acceptors (Lipinski definition) is 2. The molecule has 0 aliphatic rings. The summed E-state index contributed by atoms with van der Waals surface area (Å²) < 4.78 is 2.20. The molecule has 0 bridgehead atoms. The summed E-state index contributed by atoms with van der Waals surface area (Å²) in [6.07, 6.45) is 0.723. The van der Waals surface area contributed by atoms with E-state index in [1.807, 2.05) is 48.5 Å². The molecule has 0 aliphatic heterocycles. The highest BCUT2D eigenvalue weighted by atomic mass is 16.1. The number of nitrogens with one attached hydrogen (secondary N) is 1. The molecule has 1 amide bonds. The van der Waals surface area contributed by atoms with Crippen molar-refractivity contribution in [1.29, 1.82) is 0 Å². The zero-order valence-corrected chi connectivity index (χ0v) is 12.6. The zero-order valence-electron chi connectivity index (χ0n) is 12.6. The van der Waals surface area contributed by atoms with Crippen LogP contribution in [0.25, 0.3) is 11.0 Å². The van der Waals surface area contributed by atoms with Crippen LogP contribution < -0.4 is 5.32 Å². The van der Waals surface area contributed by atoms with Gasteiger partial charge in [-0.25, -0.2) is 4.98 Å². The molecule has 4 heteroatoms. The average molecular weight is 293 g/mol. The molecule has 0 saturated heterocycles. The lowest BCUT2D eigenvalue weighted by Gasteiger charge is -2.07. The Morgan fingerprint density at radius 1 is 1.09 bits per heavy atom. The molecule has 112 valence electrons. The lowest BCUT2D eigenvalue weighted by Crippen LogP contribution is -2.26. The first-order valence-electron chi connectivity index (χ1n) is 7.57. The van der Waals surface area contributed by atoms with Gasteiger partial charge in [0.2, 0.25) is 0 Å². The summed E-state index contributed by atoms with van der Waals surface area (Å²) in [6, 6.07) is 17.4. The first-order valence-corrected chi connectivity index (χ1v) is 7.57. The van der Waals surface area contributed by atoms with Crippen LogP contribution in [0.3, 0.4) is 0 Å². The Morgan fingerprint density at radius 3 is 2.59 bits per heavy atom. The molecule has 0 radical (unpaired) electrons. The third kappa shape index (κ3) is 2.86. The fraction of sp³-hybridized carbons (Fsp3) is 0.222. The van der Waals surface area contributed by atoms with Gasteiger partial charge in [-0.2, -0.15) is 0 Å². The van der Waals surface area contributed by atoms with Gasteiger partial charge in [0.25, 0.3) is 5.91 Å². The van der Waals surface area contributed by atoms with Crippen LogP contribution in [0.15, 0.2) is 54.6 Å². The first kappa shape index (κ1) is 14.3. The zero-order chi connectivity index (χ0) is 15.4. The number of benzene rings is 2. The molecule has 1 heterocycles. The number of nitrogens with zero attached hydrogens (tertiary/aromatic N) is 2. The maximum atomic E-state index is 12.0. The molecule has 0 atom stereocenters. The van der Waals surface area contributed by atoms with Gasteiger partial charge in [0, 0.05) is 25.1 Å². The molecule has 0 fully saturated rings. The molecule has 3 aromatic rings. The van der Waals surface area contributed by atoms with Crippen LogP contribution in [0.5, 0.6) is 0 Å². The Morgan fingerprint density at radius 2 is 1.82 bits per heavy atom. The minimum absolute atomic E-state index is 0.0419. The second-order valence-corrected chi connectivity index (χ2v) is 5.13. The molecule has 0 aliphatic carbocycles. The lowest BCUT2D eigenvalue weighted by molar-refractivity contribution is 0.0954. The smallest absolute Gasteiger partial charge is 0.251 e. The summed E-state index contributed by atoms with van der Waals surface area (Å²) in [5.74, 6) is 0.969. The van der Waals surface area contributed by atoms with Crippen molar-refractivity contribution in [1.82, 2.24) is 14.9 Å². The first-order chi connectivity index (χ1) is 10.8.